The Morgan fingerprint density at radius 1 is 1.06 bits per heavy atom. The van der Waals surface area contributed by atoms with E-state index in [1.54, 1.807) is 14.2 Å². The lowest BCUT2D eigenvalue weighted by Gasteiger charge is -2.33. The molecule has 0 amide bonds. The zero-order valence-corrected chi connectivity index (χ0v) is 10.8. The van der Waals surface area contributed by atoms with Crippen LogP contribution in [0.4, 0.5) is 0 Å². The van der Waals surface area contributed by atoms with Crippen molar-refractivity contribution in [2.24, 2.45) is 0 Å². The third kappa shape index (κ3) is 1.70. The average molecular weight is 234 g/mol. The van der Waals surface area contributed by atoms with Gasteiger partial charge in [0.05, 0.1) is 19.6 Å². The fourth-order valence-electron chi connectivity index (χ4n) is 2.59. The van der Waals surface area contributed by atoms with E-state index in [0.29, 0.717) is 6.42 Å². The molecular weight excluding hydrogens is 216 g/mol. The number of rotatable bonds is 2. The number of fused-ring (bicyclic) bond motifs is 1. The molecule has 2 rings (SSSR count). The molecule has 0 N–H and O–H groups in total. The molecule has 0 radical (unpaired) electrons. The maximum atomic E-state index is 12.0. The van der Waals surface area contributed by atoms with Crippen LogP contribution in [-0.4, -0.2) is 20.0 Å². The van der Waals surface area contributed by atoms with Gasteiger partial charge < -0.3 is 9.47 Å². The summed E-state index contributed by atoms with van der Waals surface area (Å²) in [6, 6.07) is 3.78. The molecule has 0 atom stereocenters. The van der Waals surface area contributed by atoms with E-state index in [-0.39, 0.29) is 5.78 Å². The van der Waals surface area contributed by atoms with Crippen molar-refractivity contribution < 1.29 is 14.3 Å². The van der Waals surface area contributed by atoms with E-state index in [2.05, 4.69) is 0 Å². The number of hydrogen-bond donors (Lipinski definition) is 0. The van der Waals surface area contributed by atoms with E-state index in [0.717, 1.165) is 29.0 Å². The number of Topliss-reactive ketones (excluding diaryl/α,β-unsaturated/α-hetero) is 1. The summed E-state index contributed by atoms with van der Waals surface area (Å²) in [6.07, 6.45) is 1.31. The van der Waals surface area contributed by atoms with Gasteiger partial charge in [-0.15, -0.1) is 0 Å². The van der Waals surface area contributed by atoms with Gasteiger partial charge in [0, 0.05) is 17.5 Å². The topological polar surface area (TPSA) is 35.5 Å². The van der Waals surface area contributed by atoms with Gasteiger partial charge in [-0.1, -0.05) is 0 Å². The summed E-state index contributed by atoms with van der Waals surface area (Å²) in [5, 5.41) is 0. The third-order valence-corrected chi connectivity index (χ3v) is 3.60. The van der Waals surface area contributed by atoms with Gasteiger partial charge in [-0.25, -0.2) is 0 Å². The fraction of sp³-hybridized carbons (Fsp3) is 0.500. The van der Waals surface area contributed by atoms with Gasteiger partial charge in [-0.05, 0) is 32.4 Å². The fourth-order valence-corrected chi connectivity index (χ4v) is 2.59. The first-order valence-electron chi connectivity index (χ1n) is 5.80. The Hall–Kier alpha value is -1.51. The number of benzene rings is 1. The highest BCUT2D eigenvalue weighted by Crippen LogP contribution is 2.43. The second-order valence-electron chi connectivity index (χ2n) is 4.87. The van der Waals surface area contributed by atoms with Crippen molar-refractivity contribution in [2.45, 2.75) is 32.1 Å². The number of ketones is 1. The maximum Gasteiger partial charge on any atom is 0.143 e. The van der Waals surface area contributed by atoms with Crippen LogP contribution >= 0.6 is 0 Å². The first kappa shape index (κ1) is 12.0. The summed E-state index contributed by atoms with van der Waals surface area (Å²) in [4.78, 5) is 12.0. The average Bonchev–Trinajstić information content (AvgIpc) is 2.32. The van der Waals surface area contributed by atoms with Gasteiger partial charge in [0.25, 0.3) is 0 Å². The molecule has 1 aliphatic rings. The van der Waals surface area contributed by atoms with Crippen LogP contribution in [0, 0.1) is 0 Å². The molecule has 0 aliphatic heterocycles. The lowest BCUT2D eigenvalue weighted by molar-refractivity contribution is -0.124. The minimum atomic E-state index is -0.493. The molecule has 0 fully saturated rings. The standard InChI is InChI=1S/C14H18O3/c1-14(2)12(15)8-5-9-10(16-3)6-7-11(17-4)13(9)14/h6-7H,5,8H2,1-4H3. The summed E-state index contributed by atoms with van der Waals surface area (Å²) in [5.74, 6) is 1.89. The third-order valence-electron chi connectivity index (χ3n) is 3.60. The van der Waals surface area contributed by atoms with Gasteiger partial charge in [0.2, 0.25) is 0 Å². The van der Waals surface area contributed by atoms with Gasteiger partial charge in [-0.2, -0.15) is 0 Å². The van der Waals surface area contributed by atoms with Crippen molar-refractivity contribution >= 4 is 5.78 Å². The number of ether oxygens (including phenoxy) is 2. The van der Waals surface area contributed by atoms with Crippen LogP contribution in [0.3, 0.4) is 0 Å². The van der Waals surface area contributed by atoms with Crippen molar-refractivity contribution in [1.82, 2.24) is 0 Å². The SMILES string of the molecule is COc1ccc(OC)c2c1CCC(=O)C2(C)C. The highest BCUT2D eigenvalue weighted by Gasteiger charge is 2.39. The Kier molecular flexibility index (Phi) is 2.86. The molecule has 0 bridgehead atoms. The molecular formula is C14H18O3. The molecule has 1 aromatic carbocycles. The number of methoxy groups -OCH3 is 2. The van der Waals surface area contributed by atoms with Crippen LogP contribution in [0.5, 0.6) is 11.5 Å². The van der Waals surface area contributed by atoms with Crippen LogP contribution in [0.15, 0.2) is 12.1 Å². The van der Waals surface area contributed by atoms with Gasteiger partial charge in [0.15, 0.2) is 0 Å². The van der Waals surface area contributed by atoms with E-state index >= 15 is 0 Å². The second-order valence-corrected chi connectivity index (χ2v) is 4.87. The number of hydrogen-bond acceptors (Lipinski definition) is 3. The molecule has 1 aromatic rings. The van der Waals surface area contributed by atoms with Crippen LogP contribution in [0.25, 0.3) is 0 Å². The molecule has 3 nitrogen and oxygen atoms in total. The predicted octanol–water partition coefficient (Wildman–Crippen LogP) is 2.50. The molecule has 0 saturated carbocycles. The highest BCUT2D eigenvalue weighted by atomic mass is 16.5. The zero-order chi connectivity index (χ0) is 12.6. The Morgan fingerprint density at radius 2 is 1.65 bits per heavy atom. The quantitative estimate of drug-likeness (QED) is 0.788. The normalized spacial score (nSPS) is 17.5. The monoisotopic (exact) mass is 234 g/mol. The minimum absolute atomic E-state index is 0.261. The molecule has 0 unspecified atom stereocenters. The van der Waals surface area contributed by atoms with Gasteiger partial charge in [-0.3, -0.25) is 4.79 Å². The Balaban J connectivity index is 2.71. The molecule has 0 aromatic heterocycles. The molecule has 0 saturated heterocycles. The predicted molar refractivity (Wildman–Crippen MR) is 65.9 cm³/mol. The molecule has 92 valence electrons. The summed E-state index contributed by atoms with van der Waals surface area (Å²) >= 11 is 0. The zero-order valence-electron chi connectivity index (χ0n) is 10.8. The highest BCUT2D eigenvalue weighted by molar-refractivity contribution is 5.92. The molecule has 0 heterocycles. The first-order valence-corrected chi connectivity index (χ1v) is 5.80. The maximum absolute atomic E-state index is 12.0. The summed E-state index contributed by atoms with van der Waals surface area (Å²) < 4.78 is 10.8. The Bertz CT molecular complexity index is 461. The largest absolute Gasteiger partial charge is 0.496 e. The van der Waals surface area contributed by atoms with Crippen LogP contribution < -0.4 is 9.47 Å². The second kappa shape index (κ2) is 4.06. The van der Waals surface area contributed by atoms with Gasteiger partial charge >= 0.3 is 0 Å². The van der Waals surface area contributed by atoms with E-state index in [9.17, 15) is 4.79 Å². The van der Waals surface area contributed by atoms with E-state index < -0.39 is 5.41 Å². The smallest absolute Gasteiger partial charge is 0.143 e. The molecule has 17 heavy (non-hydrogen) atoms. The molecule has 1 aliphatic carbocycles. The number of carbonyl (C=O) groups is 1. The molecule has 3 heteroatoms. The summed E-state index contributed by atoms with van der Waals surface area (Å²) in [7, 11) is 3.29. The van der Waals surface area contributed by atoms with Crippen molar-refractivity contribution in [3.8, 4) is 11.5 Å². The Labute approximate surface area is 102 Å². The van der Waals surface area contributed by atoms with Crippen molar-refractivity contribution in [1.29, 1.82) is 0 Å². The molecule has 0 spiro atoms. The van der Waals surface area contributed by atoms with E-state index in [1.165, 1.54) is 0 Å². The van der Waals surface area contributed by atoms with Gasteiger partial charge in [0.1, 0.15) is 17.3 Å². The lowest BCUT2D eigenvalue weighted by Crippen LogP contribution is -2.35. The van der Waals surface area contributed by atoms with Crippen molar-refractivity contribution in [2.75, 3.05) is 14.2 Å². The van der Waals surface area contributed by atoms with Crippen molar-refractivity contribution in [3.63, 3.8) is 0 Å². The van der Waals surface area contributed by atoms with Crippen LogP contribution in [0.1, 0.15) is 31.4 Å². The van der Waals surface area contributed by atoms with Crippen LogP contribution in [-0.2, 0) is 16.6 Å². The summed E-state index contributed by atoms with van der Waals surface area (Å²) in [6.45, 7) is 3.91. The Morgan fingerprint density at radius 3 is 2.24 bits per heavy atom. The first-order chi connectivity index (χ1) is 8.02. The van der Waals surface area contributed by atoms with Crippen LogP contribution in [0.2, 0.25) is 0 Å². The van der Waals surface area contributed by atoms with Crippen molar-refractivity contribution in [3.05, 3.63) is 23.3 Å². The van der Waals surface area contributed by atoms with E-state index in [1.807, 2.05) is 26.0 Å². The summed E-state index contributed by atoms with van der Waals surface area (Å²) in [5.41, 5.74) is 1.60. The number of carbonyl (C=O) groups excluding carboxylic acids is 1. The lowest BCUT2D eigenvalue weighted by atomic mass is 9.71. The van der Waals surface area contributed by atoms with E-state index in [4.69, 9.17) is 9.47 Å². The minimum Gasteiger partial charge on any atom is -0.496 e.